The molecule has 0 aliphatic heterocycles. The van der Waals surface area contributed by atoms with Crippen molar-refractivity contribution in [2.24, 2.45) is 5.73 Å². The van der Waals surface area contributed by atoms with Crippen molar-refractivity contribution in [2.45, 2.75) is 6.18 Å². The van der Waals surface area contributed by atoms with Crippen LogP contribution >= 0.6 is 12.2 Å². The number of benzene rings is 1. The molecular weight excluding hydrogens is 306 g/mol. The molecule has 0 fully saturated rings. The van der Waals surface area contributed by atoms with E-state index in [1.54, 1.807) is 0 Å². The number of pyridine rings is 1. The van der Waals surface area contributed by atoms with Gasteiger partial charge in [0.25, 0.3) is 0 Å². The fourth-order valence-electron chi connectivity index (χ4n) is 1.61. The largest absolute Gasteiger partial charge is 0.433 e. The van der Waals surface area contributed by atoms with Gasteiger partial charge in [-0.1, -0.05) is 18.3 Å². The quantitative estimate of drug-likeness (QED) is 0.671. The van der Waals surface area contributed by atoms with Crippen LogP contribution in [0.15, 0.2) is 36.4 Å². The third-order valence-electron chi connectivity index (χ3n) is 2.54. The number of nitrogens with two attached hydrogens (primary N) is 1. The minimum atomic E-state index is -4.60. The van der Waals surface area contributed by atoms with Gasteiger partial charge in [0.2, 0.25) is 0 Å². The Labute approximate surface area is 122 Å². The van der Waals surface area contributed by atoms with Crippen LogP contribution in [0.3, 0.4) is 0 Å². The maximum absolute atomic E-state index is 13.1. The Hall–Kier alpha value is -2.22. The Morgan fingerprint density at radius 3 is 2.48 bits per heavy atom. The summed E-state index contributed by atoms with van der Waals surface area (Å²) in [5, 5.41) is 2.59. The van der Waals surface area contributed by atoms with Gasteiger partial charge in [0.1, 0.15) is 22.3 Å². The Morgan fingerprint density at radius 1 is 1.19 bits per heavy atom. The van der Waals surface area contributed by atoms with Gasteiger partial charge in [0.15, 0.2) is 0 Å². The molecule has 1 aromatic heterocycles. The van der Waals surface area contributed by atoms with Crippen molar-refractivity contribution >= 4 is 28.7 Å². The molecule has 0 radical (unpaired) electrons. The predicted octanol–water partition coefficient (Wildman–Crippen LogP) is 3.62. The highest BCUT2D eigenvalue weighted by molar-refractivity contribution is 7.80. The molecule has 0 bridgehead atoms. The lowest BCUT2D eigenvalue weighted by atomic mass is 10.2. The maximum atomic E-state index is 13.1. The smallest absolute Gasteiger partial charge is 0.389 e. The summed E-state index contributed by atoms with van der Waals surface area (Å²) in [6.07, 6.45) is -4.60. The molecule has 2 rings (SSSR count). The van der Waals surface area contributed by atoms with E-state index in [4.69, 9.17) is 18.0 Å². The summed E-state index contributed by atoms with van der Waals surface area (Å²) in [5.74, 6) is -0.716. The predicted molar refractivity (Wildman–Crippen MR) is 74.8 cm³/mol. The number of halogens is 4. The highest BCUT2D eigenvalue weighted by Crippen LogP contribution is 2.30. The van der Waals surface area contributed by atoms with Gasteiger partial charge in [0.05, 0.1) is 5.56 Å². The number of nitrogens with zero attached hydrogens (tertiary/aromatic N) is 1. The summed E-state index contributed by atoms with van der Waals surface area (Å²) in [4.78, 5) is 3.35. The minimum absolute atomic E-state index is 0.116. The van der Waals surface area contributed by atoms with E-state index < -0.39 is 17.7 Å². The topological polar surface area (TPSA) is 50.9 Å². The highest BCUT2D eigenvalue weighted by atomic mass is 32.1. The second kappa shape index (κ2) is 5.65. The van der Waals surface area contributed by atoms with E-state index in [0.717, 1.165) is 18.2 Å². The molecule has 110 valence electrons. The van der Waals surface area contributed by atoms with Crippen molar-refractivity contribution in [2.75, 3.05) is 5.32 Å². The second-order valence-electron chi connectivity index (χ2n) is 4.09. The van der Waals surface area contributed by atoms with E-state index in [2.05, 4.69) is 10.3 Å². The van der Waals surface area contributed by atoms with Gasteiger partial charge in [0, 0.05) is 5.69 Å². The lowest BCUT2D eigenvalue weighted by molar-refractivity contribution is -0.141. The van der Waals surface area contributed by atoms with Crippen LogP contribution in [0.2, 0.25) is 0 Å². The van der Waals surface area contributed by atoms with Gasteiger partial charge in [-0.25, -0.2) is 9.37 Å². The first-order chi connectivity index (χ1) is 9.77. The van der Waals surface area contributed by atoms with Gasteiger partial charge >= 0.3 is 6.18 Å². The van der Waals surface area contributed by atoms with Crippen LogP contribution in [-0.2, 0) is 6.18 Å². The molecule has 1 heterocycles. The molecule has 0 amide bonds. The standard InChI is InChI=1S/C13H9F4N3S/c14-7-2-1-3-8(6-7)19-12-9(11(18)21)4-5-10(20-12)13(15,16)17/h1-6H,(H2,18,21)(H,19,20). The molecule has 0 saturated carbocycles. The van der Waals surface area contributed by atoms with Crippen molar-refractivity contribution < 1.29 is 17.6 Å². The van der Waals surface area contributed by atoms with Crippen LogP contribution in [0.25, 0.3) is 0 Å². The normalized spacial score (nSPS) is 11.2. The van der Waals surface area contributed by atoms with Crippen LogP contribution in [0.5, 0.6) is 0 Å². The van der Waals surface area contributed by atoms with Crippen LogP contribution in [0, 0.1) is 5.82 Å². The molecule has 0 saturated heterocycles. The third kappa shape index (κ3) is 3.66. The van der Waals surface area contributed by atoms with Crippen molar-refractivity contribution in [3.05, 3.63) is 53.5 Å². The SMILES string of the molecule is NC(=S)c1ccc(C(F)(F)F)nc1Nc1cccc(F)c1. The minimum Gasteiger partial charge on any atom is -0.389 e. The summed E-state index contributed by atoms with van der Waals surface area (Å²) in [5.41, 5.74) is 4.73. The number of aromatic nitrogens is 1. The monoisotopic (exact) mass is 315 g/mol. The fraction of sp³-hybridized carbons (Fsp3) is 0.0769. The van der Waals surface area contributed by atoms with Crippen molar-refractivity contribution in [1.29, 1.82) is 0 Å². The number of hydrogen-bond acceptors (Lipinski definition) is 3. The van der Waals surface area contributed by atoms with Crippen molar-refractivity contribution in [1.82, 2.24) is 4.98 Å². The van der Waals surface area contributed by atoms with Gasteiger partial charge in [-0.15, -0.1) is 0 Å². The summed E-state index contributed by atoms with van der Waals surface area (Å²) in [6.45, 7) is 0. The van der Waals surface area contributed by atoms with Crippen LogP contribution in [0.4, 0.5) is 29.1 Å². The Morgan fingerprint density at radius 2 is 1.90 bits per heavy atom. The molecule has 8 heteroatoms. The van der Waals surface area contributed by atoms with Gasteiger partial charge < -0.3 is 11.1 Å². The number of anilines is 2. The van der Waals surface area contributed by atoms with E-state index >= 15 is 0 Å². The molecule has 21 heavy (non-hydrogen) atoms. The van der Waals surface area contributed by atoms with E-state index in [1.807, 2.05) is 0 Å². The van der Waals surface area contributed by atoms with Crippen LogP contribution < -0.4 is 11.1 Å². The molecule has 3 N–H and O–H groups in total. The lowest BCUT2D eigenvalue weighted by Gasteiger charge is -2.13. The molecule has 2 aromatic rings. The first-order valence-electron chi connectivity index (χ1n) is 5.68. The Bertz CT molecular complexity index is 685. The van der Waals surface area contributed by atoms with Crippen LogP contribution in [0.1, 0.15) is 11.3 Å². The zero-order valence-corrected chi connectivity index (χ0v) is 11.2. The zero-order valence-electron chi connectivity index (χ0n) is 10.4. The van der Waals surface area contributed by atoms with Gasteiger partial charge in [-0.05, 0) is 30.3 Å². The van der Waals surface area contributed by atoms with Crippen molar-refractivity contribution in [3.8, 4) is 0 Å². The summed E-state index contributed by atoms with van der Waals surface area (Å²) in [6, 6.07) is 7.12. The number of alkyl halides is 3. The van der Waals surface area contributed by atoms with E-state index in [0.29, 0.717) is 0 Å². The van der Waals surface area contributed by atoms with Crippen molar-refractivity contribution in [3.63, 3.8) is 0 Å². The highest BCUT2D eigenvalue weighted by Gasteiger charge is 2.33. The molecule has 1 aromatic carbocycles. The van der Waals surface area contributed by atoms with E-state index in [9.17, 15) is 17.6 Å². The number of thiocarbonyl (C=S) groups is 1. The van der Waals surface area contributed by atoms with E-state index in [-0.39, 0.29) is 22.1 Å². The first-order valence-corrected chi connectivity index (χ1v) is 6.09. The summed E-state index contributed by atoms with van der Waals surface area (Å²) in [7, 11) is 0. The molecule has 0 spiro atoms. The molecule has 0 unspecified atom stereocenters. The molecule has 0 aliphatic carbocycles. The second-order valence-corrected chi connectivity index (χ2v) is 4.53. The number of hydrogen-bond donors (Lipinski definition) is 2. The van der Waals surface area contributed by atoms with Gasteiger partial charge in [-0.3, -0.25) is 0 Å². The average Bonchev–Trinajstić information content (AvgIpc) is 2.37. The average molecular weight is 315 g/mol. The third-order valence-corrected chi connectivity index (χ3v) is 2.76. The maximum Gasteiger partial charge on any atom is 0.433 e. The molecular formula is C13H9F4N3S. The van der Waals surface area contributed by atoms with Crippen LogP contribution in [-0.4, -0.2) is 9.97 Å². The number of rotatable bonds is 3. The molecule has 0 atom stereocenters. The van der Waals surface area contributed by atoms with E-state index in [1.165, 1.54) is 18.2 Å². The lowest BCUT2D eigenvalue weighted by Crippen LogP contribution is -2.16. The fourth-order valence-corrected chi connectivity index (χ4v) is 1.78. The summed E-state index contributed by atoms with van der Waals surface area (Å²) < 4.78 is 51.2. The Kier molecular flexibility index (Phi) is 4.08. The van der Waals surface area contributed by atoms with Gasteiger partial charge in [-0.2, -0.15) is 13.2 Å². The summed E-state index contributed by atoms with van der Waals surface area (Å²) >= 11 is 4.77. The Balaban J connectivity index is 2.46. The first kappa shape index (κ1) is 15.2. The molecule has 3 nitrogen and oxygen atoms in total. The zero-order chi connectivity index (χ0) is 15.6. The number of nitrogens with one attached hydrogen (secondary N) is 1. The molecule has 0 aliphatic rings.